The van der Waals surface area contributed by atoms with Crippen molar-refractivity contribution in [3.8, 4) is 0 Å². The van der Waals surface area contributed by atoms with Crippen LogP contribution in [-0.4, -0.2) is 44.5 Å². The molecule has 108 valence electrons. The van der Waals surface area contributed by atoms with Gasteiger partial charge in [0.2, 0.25) is 10.0 Å². The minimum Gasteiger partial charge on any atom is -0.384 e. The zero-order valence-corrected chi connectivity index (χ0v) is 12.4. The number of nitrogens with one attached hydrogen (secondary N) is 1. The molecule has 3 N–H and O–H groups in total. The van der Waals surface area contributed by atoms with E-state index in [9.17, 15) is 8.42 Å². The third kappa shape index (κ3) is 4.77. The molecule has 1 heterocycles. The first kappa shape index (κ1) is 15.9. The van der Waals surface area contributed by atoms with Crippen LogP contribution >= 0.6 is 0 Å². The standard InChI is InChI=1S/C12H22N4O2S/c1-4-10(2)16(3)8-7-15-19(17,18)11-5-6-14-12(13)9-11/h5-6,9-10,15H,4,7-8H2,1-3H3,(H2,13,14). The first-order chi connectivity index (χ1) is 8.86. The molecule has 1 aromatic heterocycles. The van der Waals surface area contributed by atoms with Crippen molar-refractivity contribution in [3.63, 3.8) is 0 Å². The fraction of sp³-hybridized carbons (Fsp3) is 0.583. The summed E-state index contributed by atoms with van der Waals surface area (Å²) in [4.78, 5) is 6.03. The van der Waals surface area contributed by atoms with Gasteiger partial charge in [-0.3, -0.25) is 0 Å². The van der Waals surface area contributed by atoms with E-state index in [1.165, 1.54) is 18.3 Å². The molecule has 1 aromatic rings. The lowest BCUT2D eigenvalue weighted by Gasteiger charge is -2.23. The molecule has 0 aliphatic carbocycles. The Morgan fingerprint density at radius 3 is 2.79 bits per heavy atom. The van der Waals surface area contributed by atoms with Gasteiger partial charge in [0.1, 0.15) is 5.82 Å². The summed E-state index contributed by atoms with van der Waals surface area (Å²) >= 11 is 0. The van der Waals surface area contributed by atoms with Gasteiger partial charge < -0.3 is 10.6 Å². The smallest absolute Gasteiger partial charge is 0.240 e. The predicted octanol–water partition coefficient (Wildman–Crippen LogP) is 0.672. The Bertz CT molecular complexity index is 504. The molecular weight excluding hydrogens is 264 g/mol. The van der Waals surface area contributed by atoms with Gasteiger partial charge in [-0.25, -0.2) is 18.1 Å². The van der Waals surface area contributed by atoms with Gasteiger partial charge in [-0.15, -0.1) is 0 Å². The molecule has 1 atom stereocenters. The summed E-state index contributed by atoms with van der Waals surface area (Å²) in [5.74, 6) is 0.194. The van der Waals surface area contributed by atoms with Crippen LogP contribution in [0.4, 0.5) is 5.82 Å². The molecule has 1 unspecified atom stereocenters. The van der Waals surface area contributed by atoms with E-state index in [1.807, 2.05) is 7.05 Å². The number of nitrogen functional groups attached to an aromatic ring is 1. The molecule has 0 fully saturated rings. The highest BCUT2D eigenvalue weighted by Gasteiger charge is 2.14. The van der Waals surface area contributed by atoms with Crippen molar-refractivity contribution in [2.45, 2.75) is 31.2 Å². The molecule has 1 rings (SSSR count). The number of sulfonamides is 1. The SMILES string of the molecule is CCC(C)N(C)CCNS(=O)(=O)c1ccnc(N)c1. The lowest BCUT2D eigenvalue weighted by Crippen LogP contribution is -2.37. The van der Waals surface area contributed by atoms with Gasteiger partial charge in [0, 0.05) is 31.4 Å². The third-order valence-corrected chi connectivity index (χ3v) is 4.62. The van der Waals surface area contributed by atoms with E-state index in [0.717, 1.165) is 6.42 Å². The van der Waals surface area contributed by atoms with Crippen LogP contribution < -0.4 is 10.5 Å². The molecule has 7 heteroatoms. The van der Waals surface area contributed by atoms with Crippen LogP contribution in [0.5, 0.6) is 0 Å². The average Bonchev–Trinajstić information content (AvgIpc) is 2.37. The van der Waals surface area contributed by atoms with Gasteiger partial charge in [-0.2, -0.15) is 0 Å². The number of hydrogen-bond donors (Lipinski definition) is 2. The molecule has 0 aromatic carbocycles. The van der Waals surface area contributed by atoms with Crippen LogP contribution in [0.25, 0.3) is 0 Å². The Balaban J connectivity index is 2.57. The highest BCUT2D eigenvalue weighted by atomic mass is 32.2. The van der Waals surface area contributed by atoms with Gasteiger partial charge in [-0.05, 0) is 26.5 Å². The number of aromatic nitrogens is 1. The van der Waals surface area contributed by atoms with Crippen molar-refractivity contribution < 1.29 is 8.42 Å². The monoisotopic (exact) mass is 286 g/mol. The number of hydrogen-bond acceptors (Lipinski definition) is 5. The summed E-state index contributed by atoms with van der Waals surface area (Å²) in [7, 11) is -1.53. The van der Waals surface area contributed by atoms with Crippen molar-refractivity contribution in [2.75, 3.05) is 25.9 Å². The summed E-state index contributed by atoms with van der Waals surface area (Å²) in [5, 5.41) is 0. The molecule has 0 saturated carbocycles. The number of nitrogens with two attached hydrogens (primary N) is 1. The Morgan fingerprint density at radius 2 is 2.21 bits per heavy atom. The topological polar surface area (TPSA) is 88.3 Å². The third-order valence-electron chi connectivity index (χ3n) is 3.16. The van der Waals surface area contributed by atoms with Crippen molar-refractivity contribution in [2.24, 2.45) is 0 Å². The van der Waals surface area contributed by atoms with Crippen LogP contribution in [0.1, 0.15) is 20.3 Å². The van der Waals surface area contributed by atoms with E-state index in [2.05, 4.69) is 28.5 Å². The number of pyridine rings is 1. The summed E-state index contributed by atoms with van der Waals surface area (Å²) in [6.07, 6.45) is 2.42. The van der Waals surface area contributed by atoms with Crippen molar-refractivity contribution in [1.82, 2.24) is 14.6 Å². The first-order valence-corrected chi connectivity index (χ1v) is 7.76. The zero-order valence-electron chi connectivity index (χ0n) is 11.6. The summed E-state index contributed by atoms with van der Waals surface area (Å²) in [6, 6.07) is 3.21. The molecule has 0 amide bonds. The summed E-state index contributed by atoms with van der Waals surface area (Å²) in [5.41, 5.74) is 5.48. The highest BCUT2D eigenvalue weighted by Crippen LogP contribution is 2.09. The molecule has 19 heavy (non-hydrogen) atoms. The van der Waals surface area contributed by atoms with Gasteiger partial charge in [-0.1, -0.05) is 6.92 Å². The van der Waals surface area contributed by atoms with Crippen molar-refractivity contribution in [1.29, 1.82) is 0 Å². The normalized spacial score (nSPS) is 13.7. The van der Waals surface area contributed by atoms with Gasteiger partial charge >= 0.3 is 0 Å². The lowest BCUT2D eigenvalue weighted by atomic mass is 10.2. The summed E-state index contributed by atoms with van der Waals surface area (Å²) in [6.45, 7) is 5.24. The van der Waals surface area contributed by atoms with Gasteiger partial charge in [0.05, 0.1) is 4.90 Å². The van der Waals surface area contributed by atoms with Crippen LogP contribution in [-0.2, 0) is 10.0 Å². The van der Waals surface area contributed by atoms with E-state index in [1.54, 1.807) is 0 Å². The molecule has 0 bridgehead atoms. The largest absolute Gasteiger partial charge is 0.384 e. The molecule has 0 spiro atoms. The first-order valence-electron chi connectivity index (χ1n) is 6.28. The second kappa shape index (κ2) is 6.83. The van der Waals surface area contributed by atoms with Crippen molar-refractivity contribution in [3.05, 3.63) is 18.3 Å². The van der Waals surface area contributed by atoms with E-state index in [0.29, 0.717) is 19.1 Å². The fourth-order valence-electron chi connectivity index (χ4n) is 1.57. The number of likely N-dealkylation sites (N-methyl/N-ethyl adjacent to an activating group) is 1. The van der Waals surface area contributed by atoms with Crippen LogP contribution in [0.3, 0.4) is 0 Å². The molecule has 0 radical (unpaired) electrons. The van der Waals surface area contributed by atoms with Crippen molar-refractivity contribution >= 4 is 15.8 Å². The molecule has 6 nitrogen and oxygen atoms in total. The quantitative estimate of drug-likeness (QED) is 0.769. The number of rotatable bonds is 7. The van der Waals surface area contributed by atoms with E-state index in [-0.39, 0.29) is 10.7 Å². The average molecular weight is 286 g/mol. The Kier molecular flexibility index (Phi) is 5.71. The number of nitrogens with zero attached hydrogens (tertiary/aromatic N) is 2. The van der Waals surface area contributed by atoms with E-state index >= 15 is 0 Å². The van der Waals surface area contributed by atoms with E-state index in [4.69, 9.17) is 5.73 Å². The van der Waals surface area contributed by atoms with Gasteiger partial charge in [0.25, 0.3) is 0 Å². The minimum absolute atomic E-state index is 0.145. The summed E-state index contributed by atoms with van der Waals surface area (Å²) < 4.78 is 26.5. The maximum Gasteiger partial charge on any atom is 0.240 e. The van der Waals surface area contributed by atoms with Crippen LogP contribution in [0.15, 0.2) is 23.2 Å². The van der Waals surface area contributed by atoms with E-state index < -0.39 is 10.0 Å². The molecular formula is C12H22N4O2S. The zero-order chi connectivity index (χ0) is 14.5. The van der Waals surface area contributed by atoms with Gasteiger partial charge in [0.15, 0.2) is 0 Å². The molecule has 0 aliphatic rings. The molecule has 0 saturated heterocycles. The maximum absolute atomic E-state index is 12.0. The van der Waals surface area contributed by atoms with Crippen LogP contribution in [0, 0.1) is 0 Å². The number of anilines is 1. The van der Waals surface area contributed by atoms with Crippen LogP contribution in [0.2, 0.25) is 0 Å². The lowest BCUT2D eigenvalue weighted by molar-refractivity contribution is 0.256. The predicted molar refractivity (Wildman–Crippen MR) is 76.2 cm³/mol. The Morgan fingerprint density at radius 1 is 1.53 bits per heavy atom. The Hall–Kier alpha value is -1.18. The highest BCUT2D eigenvalue weighted by molar-refractivity contribution is 7.89. The molecule has 0 aliphatic heterocycles. The second-order valence-corrected chi connectivity index (χ2v) is 6.32. The fourth-order valence-corrected chi connectivity index (χ4v) is 2.61. The Labute approximate surface area is 115 Å². The maximum atomic E-state index is 12.0. The minimum atomic E-state index is -3.51. The second-order valence-electron chi connectivity index (χ2n) is 4.55.